The predicted octanol–water partition coefficient (Wildman–Crippen LogP) is 3.96. The average Bonchev–Trinajstić information content (AvgIpc) is 2.89. The van der Waals surface area contributed by atoms with Gasteiger partial charge in [-0.25, -0.2) is 4.39 Å². The van der Waals surface area contributed by atoms with Crippen LogP contribution >= 0.6 is 0 Å². The maximum atomic E-state index is 13.7. The minimum Gasteiger partial charge on any atom is -0.488 e. The quantitative estimate of drug-likeness (QED) is 0.846. The average molecular weight is 289 g/mol. The zero-order chi connectivity index (χ0) is 14.7. The van der Waals surface area contributed by atoms with Crippen molar-refractivity contribution in [1.82, 2.24) is 0 Å². The van der Waals surface area contributed by atoms with Gasteiger partial charge in [-0.15, -0.1) is 0 Å². The highest BCUT2D eigenvalue weighted by atomic mass is 19.1. The van der Waals surface area contributed by atoms with E-state index in [1.807, 2.05) is 6.07 Å². The summed E-state index contributed by atoms with van der Waals surface area (Å²) in [4.78, 5) is 0. The van der Waals surface area contributed by atoms with E-state index >= 15 is 0 Å². The molecular formula is C17H20FNO2. The van der Waals surface area contributed by atoms with Gasteiger partial charge in [-0.05, 0) is 43.9 Å². The minimum absolute atomic E-state index is 0.0538. The number of rotatable bonds is 3. The first-order valence-corrected chi connectivity index (χ1v) is 7.71. The molecule has 0 bridgehead atoms. The van der Waals surface area contributed by atoms with Crippen LogP contribution in [0.25, 0.3) is 0 Å². The SMILES string of the molecule is N#Cc1ccc(OCC2CCC3(CCCCC3)O2)c(F)c1. The Kier molecular flexibility index (Phi) is 4.12. The summed E-state index contributed by atoms with van der Waals surface area (Å²) in [5.74, 6) is -0.290. The number of halogens is 1. The molecule has 0 aromatic heterocycles. The summed E-state index contributed by atoms with van der Waals surface area (Å²) >= 11 is 0. The van der Waals surface area contributed by atoms with Crippen molar-refractivity contribution < 1.29 is 13.9 Å². The molecule has 2 fully saturated rings. The lowest BCUT2D eigenvalue weighted by molar-refractivity contribution is -0.0751. The summed E-state index contributed by atoms with van der Waals surface area (Å²) in [7, 11) is 0. The van der Waals surface area contributed by atoms with Crippen molar-refractivity contribution in [3.05, 3.63) is 29.6 Å². The van der Waals surface area contributed by atoms with Gasteiger partial charge in [0.05, 0.1) is 23.3 Å². The summed E-state index contributed by atoms with van der Waals surface area (Å²) in [5.41, 5.74) is 0.369. The maximum Gasteiger partial charge on any atom is 0.166 e. The largest absolute Gasteiger partial charge is 0.488 e. The van der Waals surface area contributed by atoms with Crippen molar-refractivity contribution >= 4 is 0 Å². The fourth-order valence-corrected chi connectivity index (χ4v) is 3.45. The Morgan fingerprint density at radius 1 is 1.29 bits per heavy atom. The van der Waals surface area contributed by atoms with E-state index < -0.39 is 5.82 Å². The van der Waals surface area contributed by atoms with Gasteiger partial charge in [0.2, 0.25) is 0 Å². The number of benzene rings is 1. The molecule has 1 aromatic carbocycles. The summed E-state index contributed by atoms with van der Waals surface area (Å²) in [6.07, 6.45) is 8.23. The van der Waals surface area contributed by atoms with Crippen LogP contribution in [-0.4, -0.2) is 18.3 Å². The molecule has 1 saturated heterocycles. The van der Waals surface area contributed by atoms with Crippen LogP contribution in [0, 0.1) is 17.1 Å². The second-order valence-corrected chi connectivity index (χ2v) is 6.09. The second kappa shape index (κ2) is 6.03. The van der Waals surface area contributed by atoms with Crippen molar-refractivity contribution in [2.24, 2.45) is 0 Å². The number of nitriles is 1. The van der Waals surface area contributed by atoms with Crippen LogP contribution in [0.15, 0.2) is 18.2 Å². The molecular weight excluding hydrogens is 269 g/mol. The lowest BCUT2D eigenvalue weighted by Gasteiger charge is -2.33. The molecule has 3 rings (SSSR count). The third-order valence-corrected chi connectivity index (χ3v) is 4.59. The summed E-state index contributed by atoms with van der Waals surface area (Å²) in [6, 6.07) is 6.19. The van der Waals surface area contributed by atoms with Gasteiger partial charge in [0.15, 0.2) is 11.6 Å². The Morgan fingerprint density at radius 2 is 2.10 bits per heavy atom. The number of hydrogen-bond acceptors (Lipinski definition) is 3. The first-order chi connectivity index (χ1) is 10.2. The molecule has 1 aliphatic carbocycles. The van der Waals surface area contributed by atoms with Gasteiger partial charge in [-0.3, -0.25) is 0 Å². The molecule has 1 atom stereocenters. The van der Waals surface area contributed by atoms with Crippen LogP contribution in [0.4, 0.5) is 4.39 Å². The first kappa shape index (κ1) is 14.3. The van der Waals surface area contributed by atoms with Crippen molar-refractivity contribution in [1.29, 1.82) is 5.26 Å². The Bertz CT molecular complexity index is 546. The normalized spacial score (nSPS) is 23.9. The molecule has 1 aromatic rings. The summed E-state index contributed by atoms with van der Waals surface area (Å²) in [6.45, 7) is 0.380. The molecule has 1 unspecified atom stereocenters. The number of nitrogens with zero attached hydrogens (tertiary/aromatic N) is 1. The van der Waals surface area contributed by atoms with Crippen LogP contribution in [0.3, 0.4) is 0 Å². The van der Waals surface area contributed by atoms with Gasteiger partial charge in [-0.2, -0.15) is 5.26 Å². The van der Waals surface area contributed by atoms with Crippen LogP contribution in [0.1, 0.15) is 50.5 Å². The van der Waals surface area contributed by atoms with Crippen LogP contribution < -0.4 is 4.74 Å². The molecule has 4 heteroatoms. The highest BCUT2D eigenvalue weighted by molar-refractivity contribution is 5.35. The highest BCUT2D eigenvalue weighted by Gasteiger charge is 2.40. The van der Waals surface area contributed by atoms with Gasteiger partial charge in [0.25, 0.3) is 0 Å². The number of hydrogen-bond donors (Lipinski definition) is 0. The smallest absolute Gasteiger partial charge is 0.166 e. The molecule has 1 aliphatic heterocycles. The van der Waals surface area contributed by atoms with E-state index in [2.05, 4.69) is 0 Å². The van der Waals surface area contributed by atoms with E-state index in [9.17, 15) is 4.39 Å². The van der Waals surface area contributed by atoms with E-state index in [0.717, 1.165) is 25.7 Å². The fourth-order valence-electron chi connectivity index (χ4n) is 3.45. The first-order valence-electron chi connectivity index (χ1n) is 7.71. The molecule has 2 aliphatic rings. The zero-order valence-corrected chi connectivity index (χ0v) is 12.1. The minimum atomic E-state index is -0.487. The van der Waals surface area contributed by atoms with Gasteiger partial charge in [-0.1, -0.05) is 19.3 Å². The van der Waals surface area contributed by atoms with Crippen molar-refractivity contribution in [2.45, 2.75) is 56.7 Å². The molecule has 0 N–H and O–H groups in total. The monoisotopic (exact) mass is 289 g/mol. The molecule has 21 heavy (non-hydrogen) atoms. The molecule has 0 radical (unpaired) electrons. The Hall–Kier alpha value is -1.60. The maximum absolute atomic E-state index is 13.7. The van der Waals surface area contributed by atoms with Gasteiger partial charge >= 0.3 is 0 Å². The molecule has 112 valence electrons. The third-order valence-electron chi connectivity index (χ3n) is 4.59. The number of ether oxygens (including phenoxy) is 2. The van der Waals surface area contributed by atoms with Crippen LogP contribution in [-0.2, 0) is 4.74 Å². The Morgan fingerprint density at radius 3 is 2.81 bits per heavy atom. The van der Waals surface area contributed by atoms with Gasteiger partial charge in [0, 0.05) is 0 Å². The predicted molar refractivity (Wildman–Crippen MR) is 76.5 cm³/mol. The van der Waals surface area contributed by atoms with Crippen LogP contribution in [0.5, 0.6) is 5.75 Å². The van der Waals surface area contributed by atoms with Crippen molar-refractivity contribution in [2.75, 3.05) is 6.61 Å². The third kappa shape index (κ3) is 3.19. The van der Waals surface area contributed by atoms with Gasteiger partial charge < -0.3 is 9.47 Å². The standard InChI is InChI=1S/C17H20FNO2/c18-15-10-13(11-19)4-5-16(15)20-12-14-6-9-17(21-14)7-2-1-3-8-17/h4-5,10,14H,1-3,6-9,12H2. The molecule has 0 amide bonds. The van der Waals surface area contributed by atoms with Crippen molar-refractivity contribution in [3.8, 4) is 11.8 Å². The molecule has 1 saturated carbocycles. The zero-order valence-electron chi connectivity index (χ0n) is 12.1. The topological polar surface area (TPSA) is 42.2 Å². The lowest BCUT2D eigenvalue weighted by atomic mass is 9.83. The fraction of sp³-hybridized carbons (Fsp3) is 0.588. The molecule has 3 nitrogen and oxygen atoms in total. The van der Waals surface area contributed by atoms with E-state index in [1.165, 1.54) is 31.4 Å². The van der Waals surface area contributed by atoms with E-state index in [0.29, 0.717) is 12.2 Å². The van der Waals surface area contributed by atoms with Crippen LogP contribution in [0.2, 0.25) is 0 Å². The Balaban J connectivity index is 1.55. The van der Waals surface area contributed by atoms with E-state index in [4.69, 9.17) is 14.7 Å². The second-order valence-electron chi connectivity index (χ2n) is 6.09. The Labute approximate surface area is 124 Å². The molecule has 1 heterocycles. The molecule has 1 spiro atoms. The van der Waals surface area contributed by atoms with Crippen molar-refractivity contribution in [3.63, 3.8) is 0 Å². The van der Waals surface area contributed by atoms with Gasteiger partial charge in [0.1, 0.15) is 6.61 Å². The summed E-state index contributed by atoms with van der Waals surface area (Å²) < 4.78 is 25.5. The summed E-state index contributed by atoms with van der Waals surface area (Å²) in [5, 5.41) is 8.72. The van der Waals surface area contributed by atoms with E-state index in [-0.39, 0.29) is 17.5 Å². The van der Waals surface area contributed by atoms with E-state index in [1.54, 1.807) is 6.07 Å². The lowest BCUT2D eigenvalue weighted by Crippen LogP contribution is -2.32. The highest BCUT2D eigenvalue weighted by Crippen LogP contribution is 2.41.